The van der Waals surface area contributed by atoms with Gasteiger partial charge in [0.05, 0.1) is 45.2 Å². The predicted octanol–water partition coefficient (Wildman–Crippen LogP) is 7.47. The molecule has 0 amide bonds. The molecule has 0 spiro atoms. The van der Waals surface area contributed by atoms with Crippen LogP contribution in [0.5, 0.6) is 11.5 Å². The van der Waals surface area contributed by atoms with Crippen molar-refractivity contribution in [3.8, 4) is 23.0 Å². The molecule has 2 aliphatic carbocycles. The number of hydrogen-bond acceptors (Lipinski definition) is 14. The third kappa shape index (κ3) is 13.6. The minimum atomic E-state index is -0.0213. The number of hydrogen-bond donors (Lipinski definition) is 0. The Balaban J connectivity index is 0.000000171. The molecule has 0 N–H and O–H groups in total. The highest BCUT2D eigenvalue weighted by molar-refractivity contribution is 6.28. The molecular formula is C47H63ClN8O6. The van der Waals surface area contributed by atoms with Gasteiger partial charge < -0.3 is 28.7 Å². The molecule has 0 saturated carbocycles. The van der Waals surface area contributed by atoms with Crippen molar-refractivity contribution in [3.63, 3.8) is 0 Å². The van der Waals surface area contributed by atoms with Gasteiger partial charge in [0, 0.05) is 74.0 Å². The van der Waals surface area contributed by atoms with E-state index in [0.29, 0.717) is 63.9 Å². The van der Waals surface area contributed by atoms with Crippen LogP contribution in [0, 0.1) is 17.8 Å². The maximum absolute atomic E-state index is 12.6. The average Bonchev–Trinajstić information content (AvgIpc) is 3.83. The first kappa shape index (κ1) is 46.7. The number of pyridine rings is 2. The molecule has 4 aromatic heterocycles. The van der Waals surface area contributed by atoms with Gasteiger partial charge in [-0.15, -0.1) is 0 Å². The van der Waals surface area contributed by atoms with Gasteiger partial charge in [0.1, 0.15) is 41.0 Å². The van der Waals surface area contributed by atoms with E-state index in [2.05, 4.69) is 61.5 Å². The van der Waals surface area contributed by atoms with E-state index in [1.807, 2.05) is 55.1 Å². The molecule has 0 radical (unpaired) electrons. The molecule has 334 valence electrons. The van der Waals surface area contributed by atoms with Crippen LogP contribution in [0.3, 0.4) is 0 Å². The lowest BCUT2D eigenvalue weighted by Crippen LogP contribution is -2.38. The van der Waals surface area contributed by atoms with Gasteiger partial charge in [-0.3, -0.25) is 19.6 Å². The van der Waals surface area contributed by atoms with Crippen molar-refractivity contribution in [3.05, 3.63) is 70.2 Å². The Bertz CT molecular complexity index is 2180. The van der Waals surface area contributed by atoms with Crippen LogP contribution in [0.25, 0.3) is 11.5 Å². The van der Waals surface area contributed by atoms with E-state index in [1.54, 1.807) is 12.4 Å². The number of likely N-dealkylation sites (N-methyl/N-ethyl adjacent to an activating group) is 2. The number of nitrogens with zero attached hydrogens (tertiary/aromatic N) is 8. The Morgan fingerprint density at radius 3 is 1.66 bits per heavy atom. The second-order valence-electron chi connectivity index (χ2n) is 19.1. The highest BCUT2D eigenvalue weighted by Crippen LogP contribution is 2.33. The normalized spacial score (nSPS) is 15.7. The Morgan fingerprint density at radius 2 is 1.18 bits per heavy atom. The maximum Gasteiger partial charge on any atom is 0.224 e. The zero-order chi connectivity index (χ0) is 44.6. The summed E-state index contributed by atoms with van der Waals surface area (Å²) in [4.78, 5) is 55.3. The molecule has 0 bridgehead atoms. The van der Waals surface area contributed by atoms with Crippen molar-refractivity contribution in [1.82, 2.24) is 29.9 Å². The molecule has 4 aliphatic rings. The smallest absolute Gasteiger partial charge is 0.224 e. The fourth-order valence-corrected chi connectivity index (χ4v) is 7.85. The number of aryl methyl sites for hydroxylation is 3. The Hall–Kier alpha value is -4.79. The number of ether oxygens (including phenoxy) is 4. The average molecular weight is 872 g/mol. The van der Waals surface area contributed by atoms with E-state index in [0.717, 1.165) is 89.9 Å². The molecule has 4 aromatic rings. The van der Waals surface area contributed by atoms with Crippen molar-refractivity contribution in [2.24, 2.45) is 10.8 Å². The fourth-order valence-electron chi connectivity index (χ4n) is 7.66. The van der Waals surface area contributed by atoms with Crippen molar-refractivity contribution < 1.29 is 28.5 Å². The second kappa shape index (κ2) is 20.6. The monoisotopic (exact) mass is 870 g/mol. The molecule has 15 heteroatoms. The van der Waals surface area contributed by atoms with Crippen LogP contribution in [0.15, 0.2) is 36.7 Å². The van der Waals surface area contributed by atoms with Crippen LogP contribution in [0.2, 0.25) is 5.28 Å². The standard InChI is InChI=1S/C23H30N4O3.C15H22ClN3O.C9H11NO2/c1-23(2,3)11-15(28)12-27(4)22-18-6-5-7-19(18)25-21(26-22)20-10-16(8-9-24-20)30-17-13-29-14-17;1-15(2,3)8-10(20)9-19(4)13-11-6-5-7-12(11)17-14(16)18-13;1-7-4-8(2-3-10-7)12-9-5-11-6-9/h8-10,17H,5-7,11-14H2,1-4H3;5-9H2,1-4H3;2-4,9H,5-6H2,1H3. The molecule has 2 saturated heterocycles. The van der Waals surface area contributed by atoms with Gasteiger partial charge in [0.2, 0.25) is 5.28 Å². The van der Waals surface area contributed by atoms with Crippen molar-refractivity contribution in [2.75, 3.05) is 63.4 Å². The molecule has 8 rings (SSSR count). The summed E-state index contributed by atoms with van der Waals surface area (Å²) < 4.78 is 21.6. The lowest BCUT2D eigenvalue weighted by molar-refractivity contribution is -0.120. The summed E-state index contributed by atoms with van der Waals surface area (Å²) in [6, 6.07) is 7.51. The van der Waals surface area contributed by atoms with E-state index in [-0.39, 0.29) is 39.9 Å². The van der Waals surface area contributed by atoms with Crippen LogP contribution in [-0.2, 0) is 44.7 Å². The van der Waals surface area contributed by atoms with E-state index in [9.17, 15) is 9.59 Å². The molecule has 0 atom stereocenters. The van der Waals surface area contributed by atoms with E-state index in [1.165, 1.54) is 0 Å². The van der Waals surface area contributed by atoms with Gasteiger partial charge >= 0.3 is 0 Å². The third-order valence-corrected chi connectivity index (χ3v) is 10.6. The van der Waals surface area contributed by atoms with Crippen molar-refractivity contribution >= 4 is 34.8 Å². The van der Waals surface area contributed by atoms with Crippen LogP contribution >= 0.6 is 11.6 Å². The molecule has 14 nitrogen and oxygen atoms in total. The summed E-state index contributed by atoms with van der Waals surface area (Å²) in [6.45, 7) is 17.8. The summed E-state index contributed by atoms with van der Waals surface area (Å²) in [6.07, 6.45) is 10.9. The summed E-state index contributed by atoms with van der Waals surface area (Å²) >= 11 is 5.98. The predicted molar refractivity (Wildman–Crippen MR) is 240 cm³/mol. The number of halogens is 1. The largest absolute Gasteiger partial charge is 0.485 e. The number of anilines is 2. The second-order valence-corrected chi connectivity index (χ2v) is 19.4. The number of rotatable bonds is 13. The van der Waals surface area contributed by atoms with Gasteiger partial charge in [0.15, 0.2) is 17.4 Å². The van der Waals surface area contributed by atoms with Crippen molar-refractivity contribution in [1.29, 1.82) is 0 Å². The first-order chi connectivity index (χ1) is 29.4. The summed E-state index contributed by atoms with van der Waals surface area (Å²) in [5.41, 5.74) is 6.06. The van der Waals surface area contributed by atoms with E-state index >= 15 is 0 Å². The molecule has 2 aliphatic heterocycles. The Labute approximate surface area is 371 Å². The topological polar surface area (TPSA) is 155 Å². The SMILES string of the molecule is CN(CC(=O)CC(C)(C)C)c1nc(-c2cc(OC3COC3)ccn2)nc2c1CCC2.CN(CC(=O)CC(C)(C)C)c1nc(Cl)nc2c1CCC2.Cc1cc(OC2COC2)ccn1. The fraction of sp³-hybridized carbons (Fsp3) is 0.574. The molecule has 62 heavy (non-hydrogen) atoms. The van der Waals surface area contributed by atoms with Crippen molar-refractivity contribution in [2.45, 2.75) is 112 Å². The maximum atomic E-state index is 12.6. The third-order valence-electron chi connectivity index (χ3n) is 10.4. The van der Waals surface area contributed by atoms with Gasteiger partial charge in [-0.05, 0) is 80.0 Å². The number of ketones is 2. The first-order valence-corrected chi connectivity index (χ1v) is 22.1. The van der Waals surface area contributed by atoms with Crippen LogP contribution in [0.1, 0.15) is 95.4 Å². The number of fused-ring (bicyclic) bond motifs is 2. The minimum Gasteiger partial charge on any atom is -0.485 e. The van der Waals surface area contributed by atoms with Gasteiger partial charge in [0.25, 0.3) is 0 Å². The van der Waals surface area contributed by atoms with Crippen LogP contribution < -0.4 is 19.3 Å². The highest BCUT2D eigenvalue weighted by atomic mass is 35.5. The summed E-state index contributed by atoms with van der Waals surface area (Å²) in [5, 5.41) is 0.274. The van der Waals surface area contributed by atoms with Gasteiger partial charge in [-0.1, -0.05) is 41.5 Å². The van der Waals surface area contributed by atoms with Gasteiger partial charge in [-0.2, -0.15) is 0 Å². The van der Waals surface area contributed by atoms with E-state index < -0.39 is 0 Å². The highest BCUT2D eigenvalue weighted by Gasteiger charge is 2.27. The molecule has 0 unspecified atom stereocenters. The molecule has 2 fully saturated rings. The van der Waals surface area contributed by atoms with Crippen LogP contribution in [0.4, 0.5) is 11.6 Å². The Morgan fingerprint density at radius 1 is 0.694 bits per heavy atom. The quantitative estimate of drug-likeness (QED) is 0.122. The number of Topliss-reactive ketones (excluding diaryl/α,β-unsaturated/α-hetero) is 2. The lowest BCUT2D eigenvalue weighted by atomic mass is 9.90. The lowest BCUT2D eigenvalue weighted by Gasteiger charge is -2.26. The molecule has 0 aromatic carbocycles. The minimum absolute atomic E-state index is 0.0171. The summed E-state index contributed by atoms with van der Waals surface area (Å²) in [5.74, 6) is 4.31. The molecule has 6 heterocycles. The Kier molecular flexibility index (Phi) is 15.5. The summed E-state index contributed by atoms with van der Waals surface area (Å²) in [7, 11) is 3.84. The number of carbonyl (C=O) groups is 2. The first-order valence-electron chi connectivity index (χ1n) is 21.7. The molecular weight excluding hydrogens is 808 g/mol. The zero-order valence-electron chi connectivity index (χ0n) is 37.9. The van der Waals surface area contributed by atoms with Gasteiger partial charge in [-0.25, -0.2) is 19.9 Å². The number of carbonyl (C=O) groups excluding carboxylic acids is 2. The number of aromatic nitrogens is 6. The zero-order valence-corrected chi connectivity index (χ0v) is 38.7. The van der Waals surface area contributed by atoms with Crippen LogP contribution in [-0.4, -0.2) is 107 Å². The van der Waals surface area contributed by atoms with E-state index in [4.69, 9.17) is 40.5 Å².